The number of hydrogen-bond donors (Lipinski definition) is 0. The maximum Gasteiger partial charge on any atom is 0.282 e. The van der Waals surface area contributed by atoms with Gasteiger partial charge in [-0.25, -0.2) is 0 Å². The van der Waals surface area contributed by atoms with Crippen molar-refractivity contribution >= 4 is 21.8 Å². The zero-order valence-electron chi connectivity index (χ0n) is 17.1. The highest BCUT2D eigenvalue weighted by Crippen LogP contribution is 2.26. The van der Waals surface area contributed by atoms with E-state index < -0.39 is 10.2 Å². The van der Waals surface area contributed by atoms with Crippen molar-refractivity contribution in [1.29, 1.82) is 0 Å². The lowest BCUT2D eigenvalue weighted by molar-refractivity contribution is -0.00668. The third kappa shape index (κ3) is 5.16. The van der Waals surface area contributed by atoms with Gasteiger partial charge in [0.2, 0.25) is 0 Å². The van der Waals surface area contributed by atoms with Crippen LogP contribution in [-0.2, 0) is 21.4 Å². The zero-order chi connectivity index (χ0) is 21.0. The van der Waals surface area contributed by atoms with E-state index in [2.05, 4.69) is 4.98 Å². The Hall–Kier alpha value is -1.51. The van der Waals surface area contributed by atoms with E-state index in [1.807, 2.05) is 57.2 Å². The number of benzene rings is 1. The normalized spacial score (nSPS) is 18.3. The summed E-state index contributed by atoms with van der Waals surface area (Å²) < 4.78 is 34.7. The van der Waals surface area contributed by atoms with Gasteiger partial charge in [-0.05, 0) is 42.7 Å². The van der Waals surface area contributed by atoms with Crippen LogP contribution in [0, 0.1) is 6.92 Å². The van der Waals surface area contributed by atoms with E-state index in [0.29, 0.717) is 32.7 Å². The summed E-state index contributed by atoms with van der Waals surface area (Å²) in [5.41, 5.74) is 3.75. The Bertz CT molecular complexity index is 948. The van der Waals surface area contributed by atoms with Gasteiger partial charge in [0.15, 0.2) is 0 Å². The summed E-state index contributed by atoms with van der Waals surface area (Å²) in [7, 11) is -3.50. The monoisotopic (exact) mass is 437 g/mol. The van der Waals surface area contributed by atoms with Crippen LogP contribution in [0.1, 0.15) is 42.5 Å². The van der Waals surface area contributed by atoms with Crippen molar-refractivity contribution in [1.82, 2.24) is 13.6 Å². The number of aromatic nitrogens is 1. The number of aryl methyl sites for hydroxylation is 1. The number of morpholine rings is 1. The summed E-state index contributed by atoms with van der Waals surface area (Å²) in [6.45, 7) is 7.50. The molecule has 1 aliphatic rings. The smallest absolute Gasteiger partial charge is 0.282 e. The van der Waals surface area contributed by atoms with Gasteiger partial charge in [-0.3, -0.25) is 4.98 Å². The molecule has 0 radical (unpaired) electrons. The molecule has 2 heterocycles. The van der Waals surface area contributed by atoms with Crippen LogP contribution in [0.5, 0.6) is 0 Å². The topological polar surface area (TPSA) is 62.7 Å². The Morgan fingerprint density at radius 2 is 1.97 bits per heavy atom. The van der Waals surface area contributed by atoms with E-state index >= 15 is 0 Å². The highest BCUT2D eigenvalue weighted by atomic mass is 35.5. The molecule has 1 aliphatic heterocycles. The highest BCUT2D eigenvalue weighted by molar-refractivity contribution is 7.86. The van der Waals surface area contributed by atoms with Gasteiger partial charge < -0.3 is 4.74 Å². The fraction of sp³-hybridized carbons (Fsp3) is 0.476. The van der Waals surface area contributed by atoms with E-state index in [1.54, 1.807) is 0 Å². The molecular weight excluding hydrogens is 410 g/mol. The lowest BCUT2D eigenvalue weighted by Gasteiger charge is -2.35. The van der Waals surface area contributed by atoms with Crippen LogP contribution in [0.3, 0.4) is 0 Å². The summed E-state index contributed by atoms with van der Waals surface area (Å²) in [6.07, 6.45) is 0.295. The first kappa shape index (κ1) is 22.2. The Labute approximate surface area is 178 Å². The van der Waals surface area contributed by atoms with Gasteiger partial charge in [-0.15, -0.1) is 0 Å². The predicted molar refractivity (Wildman–Crippen MR) is 115 cm³/mol. The van der Waals surface area contributed by atoms with Crippen molar-refractivity contribution in [2.75, 3.05) is 32.8 Å². The number of pyridine rings is 1. The molecule has 1 saturated heterocycles. The van der Waals surface area contributed by atoms with Gasteiger partial charge in [0.05, 0.1) is 12.3 Å². The van der Waals surface area contributed by atoms with Gasteiger partial charge in [-0.1, -0.05) is 43.6 Å². The Kier molecular flexibility index (Phi) is 7.29. The lowest BCUT2D eigenvalue weighted by Crippen LogP contribution is -2.49. The van der Waals surface area contributed by atoms with E-state index in [9.17, 15) is 8.42 Å². The van der Waals surface area contributed by atoms with Crippen molar-refractivity contribution in [2.24, 2.45) is 0 Å². The minimum absolute atomic E-state index is 0.265. The molecule has 0 unspecified atom stereocenters. The summed E-state index contributed by atoms with van der Waals surface area (Å²) in [5.74, 6) is 0. The molecule has 6 nitrogen and oxygen atoms in total. The third-order valence-electron chi connectivity index (χ3n) is 5.10. The fourth-order valence-electron chi connectivity index (χ4n) is 3.62. The minimum Gasteiger partial charge on any atom is -0.369 e. The molecule has 8 heteroatoms. The van der Waals surface area contributed by atoms with Crippen molar-refractivity contribution in [3.63, 3.8) is 0 Å². The molecule has 0 bridgehead atoms. The number of ether oxygens (including phenoxy) is 1. The molecule has 0 spiro atoms. The van der Waals surface area contributed by atoms with Crippen LogP contribution in [0.4, 0.5) is 0 Å². The molecule has 1 aromatic heterocycles. The fourth-order valence-corrected chi connectivity index (χ4v) is 5.43. The van der Waals surface area contributed by atoms with Crippen LogP contribution in [0.25, 0.3) is 0 Å². The predicted octanol–water partition coefficient (Wildman–Crippen LogP) is 3.59. The Morgan fingerprint density at radius 1 is 1.24 bits per heavy atom. The molecule has 1 atom stereocenters. The molecule has 0 amide bonds. The first-order valence-electron chi connectivity index (χ1n) is 9.92. The highest BCUT2D eigenvalue weighted by Gasteiger charge is 2.34. The van der Waals surface area contributed by atoms with Crippen molar-refractivity contribution in [3.05, 3.63) is 63.9 Å². The molecule has 3 rings (SSSR count). The number of halogens is 1. The third-order valence-corrected chi connectivity index (χ3v) is 7.62. The quantitative estimate of drug-likeness (QED) is 0.664. The van der Waals surface area contributed by atoms with Crippen molar-refractivity contribution in [2.45, 2.75) is 33.3 Å². The summed E-state index contributed by atoms with van der Waals surface area (Å²) in [5, 5.41) is 0.730. The van der Waals surface area contributed by atoms with Gasteiger partial charge in [-0.2, -0.15) is 17.0 Å². The molecule has 29 heavy (non-hydrogen) atoms. The lowest BCUT2D eigenvalue weighted by atomic mass is 10.0. The molecular formula is C21H28ClN3O3S. The second-order valence-electron chi connectivity index (χ2n) is 7.12. The Morgan fingerprint density at radius 3 is 2.66 bits per heavy atom. The van der Waals surface area contributed by atoms with Crippen LogP contribution in [-0.4, -0.2) is 54.8 Å². The minimum atomic E-state index is -3.50. The molecule has 0 aliphatic carbocycles. The van der Waals surface area contributed by atoms with Crippen LogP contribution in [0.2, 0.25) is 5.02 Å². The summed E-state index contributed by atoms with van der Waals surface area (Å²) in [6, 6.07) is 11.8. The average Bonchev–Trinajstić information content (AvgIpc) is 2.70. The van der Waals surface area contributed by atoms with E-state index in [-0.39, 0.29) is 12.6 Å². The van der Waals surface area contributed by atoms with E-state index in [0.717, 1.165) is 27.5 Å². The molecule has 0 N–H and O–H groups in total. The Balaban J connectivity index is 1.83. The van der Waals surface area contributed by atoms with Gasteiger partial charge in [0.25, 0.3) is 10.2 Å². The zero-order valence-corrected chi connectivity index (χ0v) is 18.7. The summed E-state index contributed by atoms with van der Waals surface area (Å²) in [4.78, 5) is 4.63. The molecule has 1 fully saturated rings. The van der Waals surface area contributed by atoms with E-state index in [4.69, 9.17) is 16.3 Å². The van der Waals surface area contributed by atoms with Gasteiger partial charge in [0, 0.05) is 36.9 Å². The average molecular weight is 438 g/mol. The van der Waals surface area contributed by atoms with Crippen LogP contribution in [0.15, 0.2) is 36.4 Å². The standard InChI is InChI=1S/C21H28ClN3O3S/c1-4-24(5-2)29(26,27)25-10-11-28-21(15-25)20-14-17(12-16(3)23-20)13-18-8-6-7-9-19(18)22/h6-9,12,14,21H,4-5,10-11,13,15H2,1-3H3/t21-/m0/s1. The molecule has 0 saturated carbocycles. The number of rotatable bonds is 7. The number of hydrogen-bond acceptors (Lipinski definition) is 4. The number of nitrogens with zero attached hydrogens (tertiary/aromatic N) is 3. The van der Waals surface area contributed by atoms with Crippen molar-refractivity contribution < 1.29 is 13.2 Å². The molecule has 158 valence electrons. The maximum atomic E-state index is 12.9. The SMILES string of the molecule is CCN(CC)S(=O)(=O)N1CCO[C@H](c2cc(Cc3ccccc3Cl)cc(C)n2)C1. The van der Waals surface area contributed by atoms with Crippen LogP contribution < -0.4 is 0 Å². The molecule has 1 aromatic carbocycles. The van der Waals surface area contributed by atoms with Gasteiger partial charge >= 0.3 is 0 Å². The summed E-state index contributed by atoms with van der Waals surface area (Å²) >= 11 is 6.31. The largest absolute Gasteiger partial charge is 0.369 e. The first-order chi connectivity index (χ1) is 13.8. The van der Waals surface area contributed by atoms with Crippen molar-refractivity contribution in [3.8, 4) is 0 Å². The van der Waals surface area contributed by atoms with Gasteiger partial charge in [0.1, 0.15) is 6.10 Å². The second-order valence-corrected chi connectivity index (χ2v) is 9.46. The molecule has 2 aromatic rings. The maximum absolute atomic E-state index is 12.9. The second kappa shape index (κ2) is 9.53. The van der Waals surface area contributed by atoms with E-state index in [1.165, 1.54) is 8.61 Å². The van der Waals surface area contributed by atoms with Crippen LogP contribution >= 0.6 is 11.6 Å². The first-order valence-corrected chi connectivity index (χ1v) is 11.7.